The van der Waals surface area contributed by atoms with Gasteiger partial charge in [-0.2, -0.15) is 0 Å². The minimum absolute atomic E-state index is 0.444. The molecule has 1 aromatic heterocycles. The summed E-state index contributed by atoms with van der Waals surface area (Å²) >= 11 is 8.26. The predicted molar refractivity (Wildman–Crippen MR) is 97.3 cm³/mol. The number of aliphatic hydroxyl groups excluding tert-OH is 1. The number of hydrogen-bond acceptors (Lipinski definition) is 3. The van der Waals surface area contributed by atoms with E-state index in [-0.39, 0.29) is 0 Å². The van der Waals surface area contributed by atoms with Gasteiger partial charge in [0.05, 0.1) is 18.5 Å². The van der Waals surface area contributed by atoms with E-state index in [1.807, 2.05) is 0 Å². The van der Waals surface area contributed by atoms with Crippen LogP contribution in [0.2, 0.25) is 0 Å². The average Bonchev–Trinajstić information content (AvgIpc) is 2.84. The van der Waals surface area contributed by atoms with E-state index < -0.39 is 0 Å². The largest absolute Gasteiger partial charge is 0.496 e. The van der Waals surface area contributed by atoms with Crippen LogP contribution in [-0.4, -0.2) is 23.3 Å². The van der Waals surface area contributed by atoms with Gasteiger partial charge < -0.3 is 9.84 Å². The second kappa shape index (κ2) is 8.36. The number of nitrogens with zero attached hydrogens (tertiary/aromatic N) is 1. The van der Waals surface area contributed by atoms with E-state index in [0.29, 0.717) is 11.8 Å². The number of alkyl halides is 1. The lowest BCUT2D eigenvalue weighted by Gasteiger charge is -2.12. The summed E-state index contributed by atoms with van der Waals surface area (Å²) in [4.78, 5) is 0. The van der Waals surface area contributed by atoms with Crippen LogP contribution >= 0.6 is 41.9 Å². The fraction of sp³-hybridized carbons (Fsp3) is 0.429. The third-order valence-corrected chi connectivity index (χ3v) is 5.03. The number of fused-ring (bicyclic) bond motifs is 1. The van der Waals surface area contributed by atoms with Gasteiger partial charge in [0.15, 0.2) is 0 Å². The third-order valence-electron chi connectivity index (χ3n) is 3.01. The normalized spacial score (nSPS) is 10.6. The maximum absolute atomic E-state index is 7.00. The average molecular weight is 428 g/mol. The number of aromatic nitrogens is 1. The molecule has 1 N–H and O–H groups in total. The van der Waals surface area contributed by atoms with Crippen molar-refractivity contribution in [2.24, 2.45) is 0 Å². The molecular weight excluding hydrogens is 409 g/mol. The first-order valence-electron chi connectivity index (χ1n) is 6.14. The van der Waals surface area contributed by atoms with E-state index in [9.17, 15) is 0 Å². The number of ether oxygens (including phenoxy) is 1. The predicted octanol–water partition coefficient (Wildman–Crippen LogP) is 4.97. The lowest BCUT2D eigenvalue weighted by Crippen LogP contribution is -1.95. The first-order chi connectivity index (χ1) is 9.62. The molecule has 0 unspecified atom stereocenters. The molecular formula is C14H19ClINO2S. The molecule has 6 heteroatoms. The molecule has 0 fully saturated rings. The summed E-state index contributed by atoms with van der Waals surface area (Å²) in [6.07, 6.45) is 0. The van der Waals surface area contributed by atoms with Crippen LogP contribution in [0, 0.1) is 0 Å². The molecule has 0 aliphatic heterocycles. The van der Waals surface area contributed by atoms with Crippen molar-refractivity contribution in [2.45, 2.75) is 25.6 Å². The van der Waals surface area contributed by atoms with Crippen LogP contribution in [0.1, 0.15) is 31.0 Å². The number of halogens is 2. The number of methoxy groups -OCH3 is 1. The summed E-state index contributed by atoms with van der Waals surface area (Å²) in [5.74, 6) is 1.91. The standard InChI is InChI=1S/C13H15ClINOS.CH4O/c1-8(2)11-5-9-4-10(7-14)16(18-15)12(9)6-13(11)17-3;1-2/h4-6,8H,7H2,1-3H3;2H,1H3. The van der Waals surface area contributed by atoms with Crippen LogP contribution in [0.15, 0.2) is 18.2 Å². The van der Waals surface area contributed by atoms with Crippen molar-refractivity contribution in [3.63, 3.8) is 0 Å². The van der Waals surface area contributed by atoms with Crippen LogP contribution in [0.4, 0.5) is 0 Å². The van der Waals surface area contributed by atoms with E-state index in [1.165, 1.54) is 10.9 Å². The maximum atomic E-state index is 7.00. The zero-order chi connectivity index (χ0) is 15.3. The van der Waals surface area contributed by atoms with Gasteiger partial charge in [-0.25, -0.2) is 0 Å². The fourth-order valence-corrected chi connectivity index (χ4v) is 4.19. The Kier molecular flexibility index (Phi) is 7.50. The molecule has 0 saturated carbocycles. The molecule has 2 aromatic rings. The van der Waals surface area contributed by atoms with E-state index in [1.54, 1.807) is 16.2 Å². The van der Waals surface area contributed by atoms with E-state index in [4.69, 9.17) is 21.4 Å². The molecule has 2 rings (SSSR count). The van der Waals surface area contributed by atoms with Crippen LogP contribution in [0.25, 0.3) is 10.9 Å². The summed E-state index contributed by atoms with van der Waals surface area (Å²) in [5, 5.41) is 8.22. The minimum atomic E-state index is 0.444. The molecule has 3 nitrogen and oxygen atoms in total. The molecule has 0 saturated heterocycles. The van der Waals surface area contributed by atoms with E-state index in [2.05, 4.69) is 57.2 Å². The van der Waals surface area contributed by atoms with Crippen LogP contribution in [0.3, 0.4) is 0 Å². The first-order valence-corrected chi connectivity index (χ1v) is 9.99. The van der Waals surface area contributed by atoms with Gasteiger partial charge in [-0.3, -0.25) is 3.97 Å². The summed E-state index contributed by atoms with van der Waals surface area (Å²) in [6, 6.07) is 6.46. The summed E-state index contributed by atoms with van der Waals surface area (Å²) in [7, 11) is 4.36. The van der Waals surface area contributed by atoms with Gasteiger partial charge in [0, 0.05) is 54.6 Å². The Morgan fingerprint density at radius 2 is 2.00 bits per heavy atom. The minimum Gasteiger partial charge on any atom is -0.496 e. The van der Waals surface area contributed by atoms with Crippen molar-refractivity contribution in [1.29, 1.82) is 0 Å². The smallest absolute Gasteiger partial charge is 0.124 e. The molecule has 0 spiro atoms. The van der Waals surface area contributed by atoms with E-state index in [0.717, 1.165) is 24.1 Å². The Labute approximate surface area is 141 Å². The second-order valence-corrected chi connectivity index (χ2v) is 6.39. The van der Waals surface area contributed by atoms with Crippen LogP contribution < -0.4 is 4.74 Å². The monoisotopic (exact) mass is 427 g/mol. The summed E-state index contributed by atoms with van der Waals surface area (Å²) in [5.41, 5.74) is 3.52. The molecule has 0 aliphatic carbocycles. The number of rotatable bonds is 4. The molecule has 0 amide bonds. The third kappa shape index (κ3) is 3.55. The molecule has 1 aromatic carbocycles. The van der Waals surface area contributed by atoms with Gasteiger partial charge in [-0.05, 0) is 23.6 Å². The van der Waals surface area contributed by atoms with Gasteiger partial charge in [0.2, 0.25) is 0 Å². The van der Waals surface area contributed by atoms with Gasteiger partial charge in [0.1, 0.15) is 5.75 Å². The van der Waals surface area contributed by atoms with Crippen molar-refractivity contribution < 1.29 is 9.84 Å². The molecule has 0 bridgehead atoms. The molecule has 0 atom stereocenters. The Morgan fingerprint density at radius 1 is 1.35 bits per heavy atom. The highest BCUT2D eigenvalue weighted by Crippen LogP contribution is 2.36. The lowest BCUT2D eigenvalue weighted by atomic mass is 10.0. The van der Waals surface area contributed by atoms with Crippen molar-refractivity contribution in [3.05, 3.63) is 29.5 Å². The SMILES string of the molecule is CO.COc1cc2c(cc1C(C)C)cc(CCl)n2SI. The highest BCUT2D eigenvalue weighted by molar-refractivity contribution is 14.2. The van der Waals surface area contributed by atoms with Crippen LogP contribution in [-0.2, 0) is 5.88 Å². The fourth-order valence-electron chi connectivity index (χ4n) is 2.09. The van der Waals surface area contributed by atoms with Gasteiger partial charge in [-0.15, -0.1) is 11.6 Å². The van der Waals surface area contributed by atoms with Crippen LogP contribution in [0.5, 0.6) is 5.75 Å². The molecule has 0 aliphatic rings. The number of aliphatic hydroxyl groups is 1. The first kappa shape index (κ1) is 17.9. The summed E-state index contributed by atoms with van der Waals surface area (Å²) in [6.45, 7) is 4.35. The summed E-state index contributed by atoms with van der Waals surface area (Å²) < 4.78 is 7.65. The Morgan fingerprint density at radius 3 is 2.45 bits per heavy atom. The van der Waals surface area contributed by atoms with Gasteiger partial charge in [0.25, 0.3) is 0 Å². The Balaban J connectivity index is 0.000000956. The topological polar surface area (TPSA) is 34.4 Å². The van der Waals surface area contributed by atoms with Gasteiger partial charge in [-0.1, -0.05) is 13.8 Å². The zero-order valence-electron chi connectivity index (χ0n) is 12.0. The Hall–Kier alpha value is -0.110. The molecule has 0 radical (unpaired) electrons. The van der Waals surface area contributed by atoms with E-state index >= 15 is 0 Å². The van der Waals surface area contributed by atoms with Gasteiger partial charge >= 0.3 is 0 Å². The quantitative estimate of drug-likeness (QED) is 0.553. The maximum Gasteiger partial charge on any atom is 0.124 e. The lowest BCUT2D eigenvalue weighted by molar-refractivity contribution is 0.399. The van der Waals surface area contributed by atoms with Crippen molar-refractivity contribution in [3.8, 4) is 5.75 Å². The number of benzene rings is 1. The second-order valence-electron chi connectivity index (χ2n) is 4.44. The highest BCUT2D eigenvalue weighted by atomic mass is 127. The molecule has 20 heavy (non-hydrogen) atoms. The van der Waals surface area contributed by atoms with Crippen molar-refractivity contribution >= 4 is 52.8 Å². The molecule has 112 valence electrons. The van der Waals surface area contributed by atoms with Crippen molar-refractivity contribution in [2.75, 3.05) is 14.2 Å². The Bertz CT molecular complexity index is 572. The number of hydrogen-bond donors (Lipinski definition) is 1. The highest BCUT2D eigenvalue weighted by Gasteiger charge is 2.14. The zero-order valence-corrected chi connectivity index (χ0v) is 15.7. The molecule has 1 heterocycles. The van der Waals surface area contributed by atoms with Crippen molar-refractivity contribution in [1.82, 2.24) is 3.97 Å².